The van der Waals surface area contributed by atoms with Crippen molar-refractivity contribution in [3.05, 3.63) is 47.8 Å². The summed E-state index contributed by atoms with van der Waals surface area (Å²) in [7, 11) is 0. The lowest BCUT2D eigenvalue weighted by molar-refractivity contribution is -0.117. The first-order valence-electron chi connectivity index (χ1n) is 10.9. The standard InChI is InChI=1S/C24H28N4O3/c1-16-9-20-21(10-17(16)2)28(14-25-20)12-18-5-7-27(8-6-18)13-24(29)26-19-3-4-22-23(11-19)31-15-30-22/h3-4,9-11,14,18H,5-8,12-13,15H2,1-2H3,(H,26,29). The number of rotatable bonds is 5. The zero-order chi connectivity index (χ0) is 21.4. The predicted octanol–water partition coefficient (Wildman–Crippen LogP) is 3.73. The molecule has 1 fully saturated rings. The SMILES string of the molecule is Cc1cc2ncn(CC3CCN(CC(=O)Nc4ccc5c(c4)OCO5)CC3)c2cc1C. The Labute approximate surface area is 182 Å². The summed E-state index contributed by atoms with van der Waals surface area (Å²) in [5.74, 6) is 2.00. The van der Waals surface area contributed by atoms with E-state index >= 15 is 0 Å². The van der Waals surface area contributed by atoms with Crippen LogP contribution >= 0.6 is 0 Å². The molecule has 2 aliphatic rings. The summed E-state index contributed by atoms with van der Waals surface area (Å²) in [5.41, 5.74) is 5.61. The molecule has 0 atom stereocenters. The molecule has 1 amide bonds. The average Bonchev–Trinajstić information content (AvgIpc) is 3.37. The van der Waals surface area contributed by atoms with Gasteiger partial charge in [0.15, 0.2) is 11.5 Å². The van der Waals surface area contributed by atoms with Crippen LogP contribution in [0.3, 0.4) is 0 Å². The topological polar surface area (TPSA) is 68.6 Å². The highest BCUT2D eigenvalue weighted by atomic mass is 16.7. The molecule has 0 radical (unpaired) electrons. The van der Waals surface area contributed by atoms with Crippen LogP contribution in [-0.4, -0.2) is 46.8 Å². The van der Waals surface area contributed by atoms with Crippen LogP contribution in [0.25, 0.3) is 11.0 Å². The number of anilines is 1. The van der Waals surface area contributed by atoms with Crippen LogP contribution in [0.2, 0.25) is 0 Å². The van der Waals surface area contributed by atoms with E-state index < -0.39 is 0 Å². The average molecular weight is 421 g/mol. The molecule has 1 aromatic heterocycles. The first kappa shape index (κ1) is 19.9. The van der Waals surface area contributed by atoms with E-state index in [9.17, 15) is 4.79 Å². The van der Waals surface area contributed by atoms with E-state index in [1.54, 1.807) is 0 Å². The molecule has 1 N–H and O–H groups in total. The maximum Gasteiger partial charge on any atom is 0.238 e. The number of fused-ring (bicyclic) bond motifs is 2. The second-order valence-corrected chi connectivity index (χ2v) is 8.66. The summed E-state index contributed by atoms with van der Waals surface area (Å²) in [5, 5.41) is 2.97. The van der Waals surface area contributed by atoms with Crippen molar-refractivity contribution >= 4 is 22.6 Å². The van der Waals surface area contributed by atoms with E-state index in [2.05, 4.69) is 45.7 Å². The van der Waals surface area contributed by atoms with Crippen molar-refractivity contribution in [2.45, 2.75) is 33.2 Å². The van der Waals surface area contributed by atoms with E-state index in [4.69, 9.17) is 9.47 Å². The van der Waals surface area contributed by atoms with Crippen molar-refractivity contribution < 1.29 is 14.3 Å². The molecule has 1 saturated heterocycles. The number of aryl methyl sites for hydroxylation is 2. The fourth-order valence-electron chi connectivity index (χ4n) is 4.44. The molecular weight excluding hydrogens is 392 g/mol. The number of carbonyl (C=O) groups excluding carboxylic acids is 1. The molecule has 5 rings (SSSR count). The number of imidazole rings is 1. The lowest BCUT2D eigenvalue weighted by Crippen LogP contribution is -2.39. The highest BCUT2D eigenvalue weighted by Crippen LogP contribution is 2.34. The van der Waals surface area contributed by atoms with Gasteiger partial charge in [-0.25, -0.2) is 4.98 Å². The molecule has 2 aliphatic heterocycles. The summed E-state index contributed by atoms with van der Waals surface area (Å²) >= 11 is 0. The van der Waals surface area contributed by atoms with Crippen molar-refractivity contribution in [3.63, 3.8) is 0 Å². The number of piperidine rings is 1. The molecule has 31 heavy (non-hydrogen) atoms. The molecule has 0 spiro atoms. The third kappa shape index (κ3) is 4.23. The molecular formula is C24H28N4O3. The molecule has 0 aliphatic carbocycles. The molecule has 0 unspecified atom stereocenters. The summed E-state index contributed by atoms with van der Waals surface area (Å²) in [6, 6.07) is 9.89. The molecule has 7 heteroatoms. The molecule has 0 saturated carbocycles. The largest absolute Gasteiger partial charge is 0.454 e. The molecule has 7 nitrogen and oxygen atoms in total. The molecule has 3 aromatic rings. The number of ether oxygens (including phenoxy) is 2. The van der Waals surface area contributed by atoms with Crippen molar-refractivity contribution in [2.75, 3.05) is 31.7 Å². The van der Waals surface area contributed by atoms with Crippen LogP contribution in [0, 0.1) is 19.8 Å². The van der Waals surface area contributed by atoms with E-state index in [1.807, 2.05) is 24.5 Å². The number of hydrogen-bond acceptors (Lipinski definition) is 5. The first-order valence-corrected chi connectivity index (χ1v) is 10.9. The van der Waals surface area contributed by atoms with E-state index in [0.717, 1.165) is 49.4 Å². The van der Waals surface area contributed by atoms with Gasteiger partial charge in [-0.15, -0.1) is 0 Å². The van der Waals surface area contributed by atoms with Crippen LogP contribution in [0.4, 0.5) is 5.69 Å². The number of amides is 1. The van der Waals surface area contributed by atoms with Gasteiger partial charge in [-0.3, -0.25) is 9.69 Å². The zero-order valence-electron chi connectivity index (χ0n) is 18.1. The maximum atomic E-state index is 12.5. The van der Waals surface area contributed by atoms with Crippen LogP contribution in [-0.2, 0) is 11.3 Å². The summed E-state index contributed by atoms with van der Waals surface area (Å²) in [4.78, 5) is 19.3. The number of nitrogens with zero attached hydrogens (tertiary/aromatic N) is 3. The Morgan fingerprint density at radius 3 is 2.71 bits per heavy atom. The van der Waals surface area contributed by atoms with E-state index in [1.165, 1.54) is 16.6 Å². The fraction of sp³-hybridized carbons (Fsp3) is 0.417. The summed E-state index contributed by atoms with van der Waals surface area (Å²) < 4.78 is 13.0. The number of nitrogens with one attached hydrogen (secondary N) is 1. The van der Waals surface area contributed by atoms with Crippen LogP contribution in [0.15, 0.2) is 36.7 Å². The quantitative estimate of drug-likeness (QED) is 0.681. The highest BCUT2D eigenvalue weighted by Gasteiger charge is 2.22. The molecule has 3 heterocycles. The number of benzene rings is 2. The Balaban J connectivity index is 1.13. The monoisotopic (exact) mass is 420 g/mol. The zero-order valence-corrected chi connectivity index (χ0v) is 18.1. The number of carbonyl (C=O) groups is 1. The van der Waals surface area contributed by atoms with E-state index in [0.29, 0.717) is 18.2 Å². The van der Waals surface area contributed by atoms with Gasteiger partial charge in [0.25, 0.3) is 0 Å². The fourth-order valence-corrected chi connectivity index (χ4v) is 4.44. The third-order valence-electron chi connectivity index (χ3n) is 6.42. The first-order chi connectivity index (χ1) is 15.0. The highest BCUT2D eigenvalue weighted by molar-refractivity contribution is 5.92. The Morgan fingerprint density at radius 2 is 1.87 bits per heavy atom. The van der Waals surface area contributed by atoms with Gasteiger partial charge in [-0.05, 0) is 81.1 Å². The van der Waals surface area contributed by atoms with Crippen LogP contribution < -0.4 is 14.8 Å². The minimum Gasteiger partial charge on any atom is -0.454 e. The van der Waals surface area contributed by atoms with Crippen molar-refractivity contribution in [3.8, 4) is 11.5 Å². The number of hydrogen-bond donors (Lipinski definition) is 1. The molecule has 0 bridgehead atoms. The number of aromatic nitrogens is 2. The van der Waals surface area contributed by atoms with Gasteiger partial charge in [-0.1, -0.05) is 0 Å². The molecule has 162 valence electrons. The van der Waals surface area contributed by atoms with Gasteiger partial charge in [0.05, 0.1) is 23.9 Å². The van der Waals surface area contributed by atoms with Gasteiger partial charge >= 0.3 is 0 Å². The van der Waals surface area contributed by atoms with Crippen molar-refractivity contribution in [2.24, 2.45) is 5.92 Å². The maximum absolute atomic E-state index is 12.5. The number of likely N-dealkylation sites (tertiary alicyclic amines) is 1. The van der Waals surface area contributed by atoms with Gasteiger partial charge < -0.3 is 19.4 Å². The van der Waals surface area contributed by atoms with Crippen LogP contribution in [0.5, 0.6) is 11.5 Å². The normalized spacial score (nSPS) is 16.7. The summed E-state index contributed by atoms with van der Waals surface area (Å²) in [6.07, 6.45) is 4.14. The Morgan fingerprint density at radius 1 is 1.10 bits per heavy atom. The Kier molecular flexibility index (Phi) is 5.28. The second-order valence-electron chi connectivity index (χ2n) is 8.66. The lowest BCUT2D eigenvalue weighted by Gasteiger charge is -2.31. The molecule has 2 aromatic carbocycles. The minimum atomic E-state index is 0.00349. The van der Waals surface area contributed by atoms with Gasteiger partial charge in [0, 0.05) is 18.3 Å². The predicted molar refractivity (Wildman–Crippen MR) is 120 cm³/mol. The van der Waals surface area contributed by atoms with Gasteiger partial charge in [0.1, 0.15) is 0 Å². The van der Waals surface area contributed by atoms with Crippen molar-refractivity contribution in [1.29, 1.82) is 0 Å². The third-order valence-corrected chi connectivity index (χ3v) is 6.42. The minimum absolute atomic E-state index is 0.00349. The van der Waals surface area contributed by atoms with Crippen LogP contribution in [0.1, 0.15) is 24.0 Å². The van der Waals surface area contributed by atoms with Gasteiger partial charge in [0.2, 0.25) is 12.7 Å². The smallest absolute Gasteiger partial charge is 0.238 e. The second kappa shape index (κ2) is 8.23. The summed E-state index contributed by atoms with van der Waals surface area (Å²) in [6.45, 7) is 7.78. The van der Waals surface area contributed by atoms with E-state index in [-0.39, 0.29) is 12.7 Å². The Hall–Kier alpha value is -3.06. The Bertz CT molecular complexity index is 1120. The lowest BCUT2D eigenvalue weighted by atomic mass is 9.96. The van der Waals surface area contributed by atoms with Crippen molar-refractivity contribution in [1.82, 2.24) is 14.5 Å². The van der Waals surface area contributed by atoms with Gasteiger partial charge in [-0.2, -0.15) is 0 Å².